The first-order valence-corrected chi connectivity index (χ1v) is 9.43. The van der Waals surface area contributed by atoms with Crippen LogP contribution in [0.5, 0.6) is 0 Å². The van der Waals surface area contributed by atoms with Crippen molar-refractivity contribution in [2.45, 2.75) is 71.1 Å². The van der Waals surface area contributed by atoms with Gasteiger partial charge in [0.1, 0.15) is 6.61 Å². The molecule has 27 heavy (non-hydrogen) atoms. The first kappa shape index (κ1) is 21.1. The Balaban J connectivity index is 2.81. The molecule has 0 saturated heterocycles. The predicted molar refractivity (Wildman–Crippen MR) is 102 cm³/mol. The van der Waals surface area contributed by atoms with E-state index in [0.29, 0.717) is 22.1 Å². The minimum Gasteiger partial charge on any atom is -0.465 e. The lowest BCUT2D eigenvalue weighted by Crippen LogP contribution is -2.29. The normalized spacial score (nSPS) is 12.4. The van der Waals surface area contributed by atoms with Gasteiger partial charge >= 0.3 is 5.97 Å². The number of carbonyl (C=O) groups is 3. The maximum Gasteiger partial charge on any atom is 0.302 e. The molecule has 0 N–H and O–H groups in total. The summed E-state index contributed by atoms with van der Waals surface area (Å²) in [7, 11) is 0. The smallest absolute Gasteiger partial charge is 0.302 e. The maximum atomic E-state index is 12.2. The van der Waals surface area contributed by atoms with E-state index >= 15 is 0 Å². The van der Waals surface area contributed by atoms with Crippen LogP contribution in [0.15, 0.2) is 4.90 Å². The second-order valence-corrected chi connectivity index (χ2v) is 9.36. The number of hydrogen-bond donors (Lipinski definition) is 0. The molecule has 0 amide bonds. The zero-order chi connectivity index (χ0) is 20.7. The summed E-state index contributed by atoms with van der Waals surface area (Å²) >= 11 is 1.04. The van der Waals surface area contributed by atoms with Crippen LogP contribution in [0.2, 0.25) is 0 Å². The summed E-state index contributed by atoms with van der Waals surface area (Å²) in [6, 6.07) is 0. The maximum absolute atomic E-state index is 12.2. The van der Waals surface area contributed by atoms with E-state index in [-0.39, 0.29) is 23.0 Å². The second kappa shape index (κ2) is 7.10. The third-order valence-corrected chi connectivity index (χ3v) is 4.78. The number of nitrogens with zero attached hydrogens (tertiary/aromatic N) is 4. The zero-order valence-electron chi connectivity index (χ0n) is 17.0. The van der Waals surface area contributed by atoms with Crippen molar-refractivity contribution in [3.05, 3.63) is 11.5 Å². The molecule has 0 atom stereocenters. The molecular formula is C18H26N4O4S. The quantitative estimate of drug-likeness (QED) is 0.581. The highest BCUT2D eigenvalue weighted by Crippen LogP contribution is 2.37. The third kappa shape index (κ3) is 4.23. The Morgan fingerprint density at radius 1 is 1.04 bits per heavy atom. The Hall–Kier alpha value is -2.16. The van der Waals surface area contributed by atoms with E-state index in [2.05, 4.69) is 5.10 Å². The average molecular weight is 394 g/mol. The molecule has 0 fully saturated rings. The monoisotopic (exact) mass is 394 g/mol. The number of esters is 1. The Labute approximate surface area is 162 Å². The SMILES string of the molecule is CC(=O)OCC(C)(C)c1nn(C(C)=O)c2c(SC(C)=O)c(C(C)(C)C)nn12. The standard InChI is InChI=1S/C18H26N4O4S/c1-10(23)21-15-13(27-12(3)25)14(17(4,5)6)19-22(15)16(20-21)18(7,8)9-26-11(2)24/h9H2,1-8H3. The van der Waals surface area contributed by atoms with Gasteiger partial charge < -0.3 is 4.74 Å². The van der Waals surface area contributed by atoms with E-state index in [9.17, 15) is 14.4 Å². The van der Waals surface area contributed by atoms with Gasteiger partial charge in [0.05, 0.1) is 16.0 Å². The molecule has 0 radical (unpaired) electrons. The number of thioether (sulfide) groups is 1. The predicted octanol–water partition coefficient (Wildman–Crippen LogP) is 2.97. The number of ether oxygens (including phenoxy) is 1. The molecular weight excluding hydrogens is 368 g/mol. The number of fused-ring (bicyclic) bond motifs is 1. The number of aromatic nitrogens is 4. The first-order valence-electron chi connectivity index (χ1n) is 8.61. The summed E-state index contributed by atoms with van der Waals surface area (Å²) in [5.41, 5.74) is 0.130. The largest absolute Gasteiger partial charge is 0.465 e. The van der Waals surface area contributed by atoms with Crippen LogP contribution in [0.1, 0.15) is 71.7 Å². The highest BCUT2D eigenvalue weighted by atomic mass is 32.2. The molecule has 0 aliphatic heterocycles. The number of carbonyl (C=O) groups excluding carboxylic acids is 3. The van der Waals surface area contributed by atoms with Crippen molar-refractivity contribution < 1.29 is 19.1 Å². The van der Waals surface area contributed by atoms with Crippen LogP contribution in [0.3, 0.4) is 0 Å². The highest BCUT2D eigenvalue weighted by molar-refractivity contribution is 8.13. The molecule has 0 aliphatic carbocycles. The third-order valence-electron chi connectivity index (χ3n) is 3.91. The van der Waals surface area contributed by atoms with Gasteiger partial charge in [-0.3, -0.25) is 14.4 Å². The lowest BCUT2D eigenvalue weighted by molar-refractivity contribution is -0.142. The molecule has 148 valence electrons. The van der Waals surface area contributed by atoms with Gasteiger partial charge in [0.15, 0.2) is 16.6 Å². The fraction of sp³-hybridized carbons (Fsp3) is 0.611. The molecule has 0 aliphatic rings. The van der Waals surface area contributed by atoms with Crippen LogP contribution in [-0.4, -0.2) is 43.0 Å². The fourth-order valence-electron chi connectivity index (χ4n) is 2.63. The molecule has 0 unspecified atom stereocenters. The molecule has 0 saturated carbocycles. The van der Waals surface area contributed by atoms with E-state index in [1.807, 2.05) is 34.6 Å². The van der Waals surface area contributed by atoms with E-state index in [4.69, 9.17) is 9.84 Å². The van der Waals surface area contributed by atoms with Crippen LogP contribution < -0.4 is 0 Å². The Morgan fingerprint density at radius 3 is 2.07 bits per heavy atom. The second-order valence-electron chi connectivity index (χ2n) is 8.18. The van der Waals surface area contributed by atoms with Crippen molar-refractivity contribution in [2.24, 2.45) is 0 Å². The van der Waals surface area contributed by atoms with Crippen LogP contribution in [0.25, 0.3) is 5.65 Å². The van der Waals surface area contributed by atoms with Crippen molar-refractivity contribution in [3.63, 3.8) is 0 Å². The van der Waals surface area contributed by atoms with E-state index in [1.54, 1.807) is 4.52 Å². The molecule has 8 nitrogen and oxygen atoms in total. The minimum atomic E-state index is -0.691. The van der Waals surface area contributed by atoms with Crippen LogP contribution in [0.4, 0.5) is 0 Å². The molecule has 2 rings (SSSR count). The van der Waals surface area contributed by atoms with Gasteiger partial charge in [0.2, 0.25) is 5.91 Å². The van der Waals surface area contributed by atoms with E-state index in [1.165, 1.54) is 25.5 Å². The molecule has 2 heterocycles. The zero-order valence-corrected chi connectivity index (χ0v) is 17.9. The van der Waals surface area contributed by atoms with E-state index in [0.717, 1.165) is 11.8 Å². The molecule has 9 heteroatoms. The van der Waals surface area contributed by atoms with Gasteiger partial charge in [-0.15, -0.1) is 5.10 Å². The van der Waals surface area contributed by atoms with Crippen LogP contribution >= 0.6 is 11.8 Å². The van der Waals surface area contributed by atoms with Crippen molar-refractivity contribution in [1.29, 1.82) is 0 Å². The Bertz CT molecular complexity index is 918. The summed E-state index contributed by atoms with van der Waals surface area (Å²) in [5, 5.41) is 9.04. The molecule has 0 aromatic carbocycles. The first-order chi connectivity index (χ1) is 12.3. The topological polar surface area (TPSA) is 95.6 Å². The molecule has 0 spiro atoms. The van der Waals surface area contributed by atoms with Gasteiger partial charge in [0.25, 0.3) is 0 Å². The summed E-state index contributed by atoms with van der Waals surface area (Å²) in [5.74, 6) is -0.205. The molecule has 2 aromatic rings. The van der Waals surface area contributed by atoms with Crippen molar-refractivity contribution in [2.75, 3.05) is 6.61 Å². The van der Waals surface area contributed by atoms with Crippen molar-refractivity contribution in [3.8, 4) is 0 Å². The van der Waals surface area contributed by atoms with Gasteiger partial charge in [-0.2, -0.15) is 14.3 Å². The Morgan fingerprint density at radius 2 is 1.63 bits per heavy atom. The van der Waals surface area contributed by atoms with Crippen molar-refractivity contribution in [1.82, 2.24) is 19.4 Å². The minimum absolute atomic E-state index is 0.0895. The average Bonchev–Trinajstić information content (AvgIpc) is 3.02. The summed E-state index contributed by atoms with van der Waals surface area (Å²) in [6.45, 7) is 14.0. The van der Waals surface area contributed by atoms with Crippen LogP contribution in [-0.2, 0) is 25.2 Å². The lowest BCUT2D eigenvalue weighted by Gasteiger charge is -2.21. The van der Waals surface area contributed by atoms with Crippen molar-refractivity contribution >= 4 is 34.4 Å². The van der Waals surface area contributed by atoms with Gasteiger partial charge in [0, 0.05) is 26.2 Å². The molecule has 0 bridgehead atoms. The van der Waals surface area contributed by atoms with Gasteiger partial charge in [-0.05, 0) is 25.6 Å². The summed E-state index contributed by atoms with van der Waals surface area (Å²) < 4.78 is 8.03. The summed E-state index contributed by atoms with van der Waals surface area (Å²) in [4.78, 5) is 36.0. The fourth-order valence-corrected chi connectivity index (χ4v) is 3.62. The molecule has 2 aromatic heterocycles. The van der Waals surface area contributed by atoms with E-state index < -0.39 is 11.4 Å². The lowest BCUT2D eigenvalue weighted by atomic mass is 9.92. The number of rotatable bonds is 4. The van der Waals surface area contributed by atoms with Crippen LogP contribution in [0, 0.1) is 0 Å². The van der Waals surface area contributed by atoms with Gasteiger partial charge in [-0.25, -0.2) is 0 Å². The highest BCUT2D eigenvalue weighted by Gasteiger charge is 2.35. The van der Waals surface area contributed by atoms with Gasteiger partial charge in [-0.1, -0.05) is 20.8 Å². The Kier molecular flexibility index (Phi) is 5.56. The number of hydrogen-bond acceptors (Lipinski definition) is 7. The summed E-state index contributed by atoms with van der Waals surface area (Å²) in [6.07, 6.45) is 0.